The van der Waals surface area contributed by atoms with Crippen LogP contribution in [-0.4, -0.2) is 46.4 Å². The van der Waals surface area contributed by atoms with Gasteiger partial charge >= 0.3 is 0 Å². The number of amides is 1. The maximum absolute atomic E-state index is 12.0. The first kappa shape index (κ1) is 30.5. The van der Waals surface area contributed by atoms with E-state index in [2.05, 4.69) is 40.5 Å². The van der Waals surface area contributed by atoms with E-state index in [9.17, 15) is 14.7 Å². The van der Waals surface area contributed by atoms with Gasteiger partial charge in [0.05, 0.1) is 11.7 Å². The summed E-state index contributed by atoms with van der Waals surface area (Å²) < 4.78 is 0. The number of aliphatic hydroxyl groups is 1. The van der Waals surface area contributed by atoms with Crippen LogP contribution >= 0.6 is 0 Å². The average molecular weight is 557 g/mol. The summed E-state index contributed by atoms with van der Waals surface area (Å²) >= 11 is 0. The molecule has 2 aliphatic rings. The minimum absolute atomic E-state index is 0.0148. The second-order valence-electron chi connectivity index (χ2n) is 11.6. The first-order chi connectivity index (χ1) is 19.7. The van der Waals surface area contributed by atoms with Crippen molar-refractivity contribution in [3.63, 3.8) is 0 Å². The molecule has 6 nitrogen and oxygen atoms in total. The van der Waals surface area contributed by atoms with Crippen LogP contribution < -0.4 is 5.32 Å². The van der Waals surface area contributed by atoms with Crippen molar-refractivity contribution < 1.29 is 19.8 Å². The first-order valence-corrected chi connectivity index (χ1v) is 14.9. The largest absolute Gasteiger partial charge is 0.507 e. The quantitative estimate of drug-likeness (QED) is 0.270. The molecule has 6 heteroatoms. The number of aromatic hydroxyl groups is 1. The molecule has 1 atom stereocenters. The third-order valence-electron chi connectivity index (χ3n) is 8.25. The summed E-state index contributed by atoms with van der Waals surface area (Å²) in [6, 6.07) is 21.4. The zero-order valence-electron chi connectivity index (χ0n) is 24.6. The van der Waals surface area contributed by atoms with Gasteiger partial charge in [0, 0.05) is 18.2 Å². The summed E-state index contributed by atoms with van der Waals surface area (Å²) in [6.45, 7) is 8.31. The third kappa shape index (κ3) is 8.51. The zero-order valence-corrected chi connectivity index (χ0v) is 24.6. The summed E-state index contributed by atoms with van der Waals surface area (Å²) in [5, 5.41) is 22.8. The Morgan fingerprint density at radius 1 is 0.951 bits per heavy atom. The summed E-state index contributed by atoms with van der Waals surface area (Å²) in [6.07, 6.45) is 6.26. The van der Waals surface area contributed by atoms with Crippen LogP contribution in [0.4, 0.5) is 5.69 Å². The lowest BCUT2D eigenvalue weighted by molar-refractivity contribution is -0.118. The number of carbonyl (C=O) groups is 2. The van der Waals surface area contributed by atoms with Crippen molar-refractivity contribution >= 4 is 17.4 Å². The van der Waals surface area contributed by atoms with Gasteiger partial charge in [0.2, 0.25) is 5.91 Å². The number of anilines is 1. The lowest BCUT2D eigenvalue weighted by Gasteiger charge is -2.32. The Hall–Kier alpha value is -3.48. The number of fused-ring (bicyclic) bond motifs is 1. The molecule has 5 rings (SSSR count). The van der Waals surface area contributed by atoms with Crippen molar-refractivity contribution in [1.29, 1.82) is 0 Å². The fourth-order valence-corrected chi connectivity index (χ4v) is 5.69. The molecule has 41 heavy (non-hydrogen) atoms. The zero-order chi connectivity index (χ0) is 29.4. The Kier molecular flexibility index (Phi) is 10.7. The normalized spacial score (nSPS) is 16.0. The van der Waals surface area contributed by atoms with Gasteiger partial charge in [-0.2, -0.15) is 0 Å². The highest BCUT2D eigenvalue weighted by Crippen LogP contribution is 2.31. The Labute approximate surface area is 244 Å². The van der Waals surface area contributed by atoms with E-state index in [0.29, 0.717) is 11.5 Å². The smallest absolute Gasteiger partial charge is 0.226 e. The molecule has 1 unspecified atom stereocenters. The average Bonchev–Trinajstić information content (AvgIpc) is 3.45. The van der Waals surface area contributed by atoms with Gasteiger partial charge in [-0.05, 0) is 111 Å². The molecule has 0 bridgehead atoms. The minimum Gasteiger partial charge on any atom is -0.507 e. The predicted molar refractivity (Wildman–Crippen MR) is 164 cm³/mol. The Morgan fingerprint density at radius 2 is 1.68 bits per heavy atom. The number of hydrogen-bond acceptors (Lipinski definition) is 5. The molecule has 0 radical (unpaired) electrons. The highest BCUT2D eigenvalue weighted by molar-refractivity contribution is 5.96. The van der Waals surface area contributed by atoms with E-state index in [1.165, 1.54) is 42.5 Å². The van der Waals surface area contributed by atoms with Gasteiger partial charge in [0.15, 0.2) is 5.78 Å². The fraction of sp³-hybridized carbons (Fsp3) is 0.429. The number of nitrogens with one attached hydrogen (secondary N) is 1. The number of phenols is 1. The van der Waals surface area contributed by atoms with Gasteiger partial charge in [0.1, 0.15) is 5.75 Å². The van der Waals surface area contributed by atoms with Crippen molar-refractivity contribution in [2.75, 3.05) is 25.0 Å². The van der Waals surface area contributed by atoms with Crippen LogP contribution in [0.1, 0.15) is 91.1 Å². The van der Waals surface area contributed by atoms with Crippen LogP contribution in [0, 0.1) is 5.92 Å². The van der Waals surface area contributed by atoms with E-state index in [-0.39, 0.29) is 29.5 Å². The second-order valence-corrected chi connectivity index (χ2v) is 11.6. The van der Waals surface area contributed by atoms with E-state index in [0.717, 1.165) is 56.6 Å². The van der Waals surface area contributed by atoms with E-state index >= 15 is 0 Å². The maximum atomic E-state index is 12.0. The van der Waals surface area contributed by atoms with Crippen LogP contribution in [0.5, 0.6) is 5.75 Å². The topological polar surface area (TPSA) is 89.9 Å². The molecule has 1 aliphatic carbocycles. The Balaban J connectivity index is 0.000000328. The molecule has 3 aromatic rings. The highest BCUT2D eigenvalue weighted by Gasteiger charge is 2.22. The summed E-state index contributed by atoms with van der Waals surface area (Å²) in [5.74, 6) is 0.523. The number of aliphatic hydroxyl groups excluding tert-OH is 1. The number of aryl methyl sites for hydroxylation is 2. The second kappa shape index (κ2) is 14.4. The molecule has 0 spiro atoms. The van der Waals surface area contributed by atoms with E-state index < -0.39 is 0 Å². The van der Waals surface area contributed by atoms with E-state index in [1.54, 1.807) is 18.2 Å². The number of phenolic OH excluding ortho intramolecular Hbond substituents is 1. The van der Waals surface area contributed by atoms with Gasteiger partial charge in [-0.3, -0.25) is 9.59 Å². The Morgan fingerprint density at radius 3 is 2.37 bits per heavy atom. The van der Waals surface area contributed by atoms with Crippen molar-refractivity contribution in [2.24, 2.45) is 5.92 Å². The predicted octanol–water partition coefficient (Wildman–Crippen LogP) is 6.67. The van der Waals surface area contributed by atoms with Crippen LogP contribution in [0.15, 0.2) is 66.7 Å². The Bertz CT molecular complexity index is 1330. The fourth-order valence-electron chi connectivity index (χ4n) is 5.69. The third-order valence-corrected chi connectivity index (χ3v) is 8.25. The molecule has 3 aromatic carbocycles. The number of carbonyl (C=O) groups excluding carboxylic acids is 2. The van der Waals surface area contributed by atoms with E-state index in [4.69, 9.17) is 5.11 Å². The van der Waals surface area contributed by atoms with Crippen LogP contribution in [0.2, 0.25) is 0 Å². The van der Waals surface area contributed by atoms with Crippen molar-refractivity contribution in [3.05, 3.63) is 94.5 Å². The van der Waals surface area contributed by atoms with Gasteiger partial charge in [-0.15, -0.1) is 0 Å². The van der Waals surface area contributed by atoms with Gasteiger partial charge in [-0.25, -0.2) is 0 Å². The molecule has 3 N–H and O–H groups in total. The number of benzene rings is 3. The van der Waals surface area contributed by atoms with Crippen LogP contribution in [0.3, 0.4) is 0 Å². The maximum Gasteiger partial charge on any atom is 0.226 e. The molecular weight excluding hydrogens is 512 g/mol. The van der Waals surface area contributed by atoms with Crippen LogP contribution in [0.25, 0.3) is 0 Å². The molecule has 1 amide bonds. The van der Waals surface area contributed by atoms with Gasteiger partial charge in [-0.1, -0.05) is 56.3 Å². The molecule has 1 saturated heterocycles. The molecule has 1 heterocycles. The molecule has 1 aliphatic heterocycles. The summed E-state index contributed by atoms with van der Waals surface area (Å²) in [4.78, 5) is 25.2. The molecule has 0 saturated carbocycles. The lowest BCUT2D eigenvalue weighted by Crippen LogP contribution is -2.34. The van der Waals surface area contributed by atoms with Crippen molar-refractivity contribution in [1.82, 2.24) is 4.90 Å². The lowest BCUT2D eigenvalue weighted by atomic mass is 9.89. The van der Waals surface area contributed by atoms with Crippen molar-refractivity contribution in [3.8, 4) is 5.75 Å². The van der Waals surface area contributed by atoms with Crippen LogP contribution in [-0.2, 0) is 17.6 Å². The number of likely N-dealkylation sites (tertiary alicyclic amines) is 1. The number of nitrogens with zero attached hydrogens (tertiary/aromatic N) is 1. The molecular formula is C35H44N2O4. The van der Waals surface area contributed by atoms with Gasteiger partial charge < -0.3 is 20.4 Å². The SMILES string of the molecule is CC(=O)c1ccccc1O.CC(C)C(=O)Nc1cccc(C2CCN(CCC(O)c3ccc4c(c3)CCC4)CC2)c1. The highest BCUT2D eigenvalue weighted by atomic mass is 16.3. The summed E-state index contributed by atoms with van der Waals surface area (Å²) in [5.41, 5.74) is 6.57. The van der Waals surface area contributed by atoms with E-state index in [1.807, 2.05) is 26.0 Å². The number of para-hydroxylation sites is 1. The number of rotatable bonds is 8. The number of Topliss-reactive ketones (excluding diaryl/α,β-unsaturated/α-hetero) is 1. The van der Waals surface area contributed by atoms with Gasteiger partial charge in [0.25, 0.3) is 0 Å². The molecule has 1 fully saturated rings. The number of ketones is 1. The minimum atomic E-state index is -0.370. The number of piperidine rings is 1. The van der Waals surface area contributed by atoms with Crippen molar-refractivity contribution in [2.45, 2.75) is 71.3 Å². The number of hydrogen-bond donors (Lipinski definition) is 3. The first-order valence-electron chi connectivity index (χ1n) is 14.9. The standard InChI is InChI=1S/C27H36N2O2.C8H8O2/c1-19(2)27(31)28-25-8-4-7-23(18-25)21-11-14-29(15-12-21)16-13-26(30)24-10-9-20-5-3-6-22(20)17-24;1-6(9)7-4-2-3-5-8(7)10/h4,7-10,17-19,21,26,30H,3,5-6,11-16H2,1-2H3,(H,28,31);2-5,10H,1H3. The summed E-state index contributed by atoms with van der Waals surface area (Å²) in [7, 11) is 0. The monoisotopic (exact) mass is 556 g/mol. The molecule has 218 valence electrons. The molecule has 0 aromatic heterocycles.